The normalized spacial score (nSPS) is 17.2. The van der Waals surface area contributed by atoms with Gasteiger partial charge in [0.15, 0.2) is 0 Å². The summed E-state index contributed by atoms with van der Waals surface area (Å²) in [6.07, 6.45) is 0. The fourth-order valence-corrected chi connectivity index (χ4v) is 2.37. The minimum absolute atomic E-state index is 0.141. The summed E-state index contributed by atoms with van der Waals surface area (Å²) in [4.78, 5) is 16.2. The van der Waals surface area contributed by atoms with Gasteiger partial charge in [0.2, 0.25) is 5.91 Å². The summed E-state index contributed by atoms with van der Waals surface area (Å²) >= 11 is 0. The van der Waals surface area contributed by atoms with Crippen LogP contribution in [0.15, 0.2) is 24.3 Å². The van der Waals surface area contributed by atoms with E-state index in [2.05, 4.69) is 12.2 Å². The molecule has 1 fully saturated rings. The molecule has 1 aromatic carbocycles. The molecule has 1 aromatic rings. The van der Waals surface area contributed by atoms with Gasteiger partial charge in [-0.15, -0.1) is 0 Å². The van der Waals surface area contributed by atoms with Gasteiger partial charge in [-0.2, -0.15) is 0 Å². The molecule has 1 heterocycles. The molecule has 1 saturated heterocycles. The van der Waals surface area contributed by atoms with Crippen molar-refractivity contribution < 1.29 is 9.90 Å². The van der Waals surface area contributed by atoms with Crippen LogP contribution in [0.4, 0.5) is 0 Å². The SMILES string of the molecule is CC(c1ccc(O)cc1)N(C)CC(=O)N1CCNCC1. The molecule has 5 heteroatoms. The number of aromatic hydroxyl groups is 1. The number of piperazine rings is 1. The van der Waals surface area contributed by atoms with Crippen LogP contribution < -0.4 is 5.32 Å². The van der Waals surface area contributed by atoms with E-state index >= 15 is 0 Å². The Bertz CT molecular complexity index is 441. The number of nitrogens with zero attached hydrogens (tertiary/aromatic N) is 2. The molecule has 0 aromatic heterocycles. The van der Waals surface area contributed by atoms with Gasteiger partial charge < -0.3 is 15.3 Å². The van der Waals surface area contributed by atoms with Crippen LogP contribution in [0.5, 0.6) is 5.75 Å². The van der Waals surface area contributed by atoms with E-state index in [0.29, 0.717) is 6.54 Å². The molecule has 0 radical (unpaired) electrons. The smallest absolute Gasteiger partial charge is 0.236 e. The maximum Gasteiger partial charge on any atom is 0.236 e. The lowest BCUT2D eigenvalue weighted by atomic mass is 10.1. The van der Waals surface area contributed by atoms with Gasteiger partial charge in [0.25, 0.3) is 0 Å². The molecule has 2 N–H and O–H groups in total. The van der Waals surface area contributed by atoms with Gasteiger partial charge in [-0.05, 0) is 31.7 Å². The number of hydrogen-bond acceptors (Lipinski definition) is 4. The van der Waals surface area contributed by atoms with Gasteiger partial charge >= 0.3 is 0 Å². The third-order valence-electron chi connectivity index (χ3n) is 3.89. The van der Waals surface area contributed by atoms with Gasteiger partial charge in [0.05, 0.1) is 6.54 Å². The van der Waals surface area contributed by atoms with Crippen LogP contribution in [-0.4, -0.2) is 60.6 Å². The van der Waals surface area contributed by atoms with E-state index in [1.165, 1.54) is 0 Å². The predicted molar refractivity (Wildman–Crippen MR) is 78.6 cm³/mol. The summed E-state index contributed by atoms with van der Waals surface area (Å²) in [5.41, 5.74) is 1.10. The Hall–Kier alpha value is -1.59. The molecular formula is C15H23N3O2. The highest BCUT2D eigenvalue weighted by Crippen LogP contribution is 2.20. The van der Waals surface area contributed by atoms with E-state index < -0.39 is 0 Å². The van der Waals surface area contributed by atoms with Gasteiger partial charge in [-0.25, -0.2) is 0 Å². The first kappa shape index (κ1) is 14.8. The van der Waals surface area contributed by atoms with Gasteiger partial charge in [0, 0.05) is 32.2 Å². The number of benzene rings is 1. The molecule has 1 aliphatic heterocycles. The van der Waals surface area contributed by atoms with Gasteiger partial charge in [-0.1, -0.05) is 12.1 Å². The number of phenolic OH excluding ortho intramolecular Hbond substituents is 1. The van der Waals surface area contributed by atoms with E-state index in [9.17, 15) is 9.90 Å². The molecule has 1 amide bonds. The first-order valence-corrected chi connectivity index (χ1v) is 7.05. The van der Waals surface area contributed by atoms with Crippen LogP contribution in [0, 0.1) is 0 Å². The predicted octanol–water partition coefficient (Wildman–Crippen LogP) is 0.817. The molecule has 0 bridgehead atoms. The maximum absolute atomic E-state index is 12.2. The second kappa shape index (κ2) is 6.72. The van der Waals surface area contributed by atoms with Crippen molar-refractivity contribution in [3.63, 3.8) is 0 Å². The van der Waals surface area contributed by atoms with E-state index in [1.807, 2.05) is 29.0 Å². The van der Waals surface area contributed by atoms with Crippen LogP contribution >= 0.6 is 0 Å². The summed E-state index contributed by atoms with van der Waals surface area (Å²) in [5, 5.41) is 12.6. The van der Waals surface area contributed by atoms with Crippen molar-refractivity contribution in [1.82, 2.24) is 15.1 Å². The number of hydrogen-bond donors (Lipinski definition) is 2. The van der Waals surface area contributed by atoms with E-state index in [-0.39, 0.29) is 17.7 Å². The highest BCUT2D eigenvalue weighted by atomic mass is 16.3. The number of likely N-dealkylation sites (N-methyl/N-ethyl adjacent to an activating group) is 1. The molecule has 0 saturated carbocycles. The Balaban J connectivity index is 1.91. The second-order valence-corrected chi connectivity index (χ2v) is 5.31. The number of carbonyl (C=O) groups excluding carboxylic acids is 1. The van der Waals surface area contributed by atoms with Crippen LogP contribution in [0.25, 0.3) is 0 Å². The maximum atomic E-state index is 12.2. The third kappa shape index (κ3) is 3.71. The molecular weight excluding hydrogens is 254 g/mol. The zero-order chi connectivity index (χ0) is 14.5. The largest absolute Gasteiger partial charge is 0.508 e. The quantitative estimate of drug-likeness (QED) is 0.855. The zero-order valence-corrected chi connectivity index (χ0v) is 12.2. The van der Waals surface area contributed by atoms with Gasteiger partial charge in [0.1, 0.15) is 5.75 Å². The number of phenols is 1. The standard InChI is InChI=1S/C15H23N3O2/c1-12(13-3-5-14(19)6-4-13)17(2)11-15(20)18-9-7-16-8-10-18/h3-6,12,16,19H,7-11H2,1-2H3. The monoisotopic (exact) mass is 277 g/mol. The highest BCUT2D eigenvalue weighted by molar-refractivity contribution is 5.78. The average Bonchev–Trinajstić information content (AvgIpc) is 2.48. The minimum Gasteiger partial charge on any atom is -0.508 e. The van der Waals surface area contributed by atoms with Crippen LogP contribution in [-0.2, 0) is 4.79 Å². The number of carbonyl (C=O) groups is 1. The van der Waals surface area contributed by atoms with Crippen LogP contribution in [0.2, 0.25) is 0 Å². The Kier molecular flexibility index (Phi) is 4.98. The minimum atomic E-state index is 0.141. The Morgan fingerprint density at radius 2 is 1.95 bits per heavy atom. The lowest BCUT2D eigenvalue weighted by molar-refractivity contribution is -0.133. The van der Waals surface area contributed by atoms with Crippen molar-refractivity contribution in [3.8, 4) is 5.75 Å². The molecule has 2 rings (SSSR count). The summed E-state index contributed by atoms with van der Waals surface area (Å²) in [6, 6.07) is 7.29. The first-order chi connectivity index (χ1) is 9.58. The summed E-state index contributed by atoms with van der Waals surface area (Å²) in [6.45, 7) is 5.83. The molecule has 5 nitrogen and oxygen atoms in total. The van der Waals surface area contributed by atoms with Crippen molar-refractivity contribution >= 4 is 5.91 Å². The van der Waals surface area contributed by atoms with Crippen LogP contribution in [0.1, 0.15) is 18.5 Å². The fourth-order valence-electron chi connectivity index (χ4n) is 2.37. The molecule has 1 atom stereocenters. The molecule has 0 aliphatic carbocycles. The molecule has 1 unspecified atom stereocenters. The van der Waals surface area contributed by atoms with Crippen molar-refractivity contribution in [2.45, 2.75) is 13.0 Å². The molecule has 20 heavy (non-hydrogen) atoms. The van der Waals surface area contributed by atoms with Crippen molar-refractivity contribution in [1.29, 1.82) is 0 Å². The highest BCUT2D eigenvalue weighted by Gasteiger charge is 2.20. The van der Waals surface area contributed by atoms with E-state index in [0.717, 1.165) is 31.7 Å². The number of nitrogens with one attached hydrogen (secondary N) is 1. The van der Waals surface area contributed by atoms with E-state index in [1.54, 1.807) is 12.1 Å². The summed E-state index contributed by atoms with van der Waals surface area (Å²) in [5.74, 6) is 0.445. The Labute approximate surface area is 120 Å². The van der Waals surface area contributed by atoms with Crippen molar-refractivity contribution in [2.24, 2.45) is 0 Å². The first-order valence-electron chi connectivity index (χ1n) is 7.05. The summed E-state index contributed by atoms with van der Waals surface area (Å²) < 4.78 is 0. The number of rotatable bonds is 4. The Morgan fingerprint density at radius 3 is 2.55 bits per heavy atom. The van der Waals surface area contributed by atoms with Crippen LogP contribution in [0.3, 0.4) is 0 Å². The number of amides is 1. The fraction of sp³-hybridized carbons (Fsp3) is 0.533. The lowest BCUT2D eigenvalue weighted by Crippen LogP contribution is -2.49. The second-order valence-electron chi connectivity index (χ2n) is 5.31. The Morgan fingerprint density at radius 1 is 1.35 bits per heavy atom. The van der Waals surface area contributed by atoms with E-state index in [4.69, 9.17) is 0 Å². The topological polar surface area (TPSA) is 55.8 Å². The van der Waals surface area contributed by atoms with Crippen molar-refractivity contribution in [3.05, 3.63) is 29.8 Å². The van der Waals surface area contributed by atoms with Gasteiger partial charge in [-0.3, -0.25) is 9.69 Å². The average molecular weight is 277 g/mol. The molecule has 1 aliphatic rings. The van der Waals surface area contributed by atoms with Crippen molar-refractivity contribution in [2.75, 3.05) is 39.8 Å². The summed E-state index contributed by atoms with van der Waals surface area (Å²) in [7, 11) is 1.96. The molecule has 110 valence electrons. The molecule has 0 spiro atoms. The lowest BCUT2D eigenvalue weighted by Gasteiger charge is -2.31. The zero-order valence-electron chi connectivity index (χ0n) is 12.2. The third-order valence-corrected chi connectivity index (χ3v) is 3.89.